The molecule has 1 aliphatic heterocycles. The van der Waals surface area contributed by atoms with E-state index in [9.17, 15) is 19.2 Å². The molecule has 2 aromatic rings. The molecule has 1 aromatic heterocycles. The monoisotopic (exact) mass is 472 g/mol. The zero-order valence-corrected chi connectivity index (χ0v) is 18.9. The van der Waals surface area contributed by atoms with Crippen LogP contribution in [0.2, 0.25) is 5.02 Å². The molecule has 33 heavy (non-hydrogen) atoms. The summed E-state index contributed by atoms with van der Waals surface area (Å²) < 4.78 is 15.1. The molecule has 0 saturated heterocycles. The Morgan fingerprint density at radius 2 is 1.85 bits per heavy atom. The van der Waals surface area contributed by atoms with Gasteiger partial charge in [0, 0.05) is 22.5 Å². The fraction of sp³-hybridized carbons (Fsp3) is 0.217. The van der Waals surface area contributed by atoms with Crippen LogP contribution in [0.5, 0.6) is 0 Å². The lowest BCUT2D eigenvalue weighted by Gasteiger charge is -2.21. The number of anilines is 1. The third kappa shape index (κ3) is 5.15. The Bertz CT molecular complexity index is 1160. The molecule has 0 unspecified atom stereocenters. The summed E-state index contributed by atoms with van der Waals surface area (Å²) >= 11 is 5.98. The number of allylic oxidation sites excluding steroid dienone is 2. The topological polar surface area (TPSA) is 115 Å². The highest BCUT2D eigenvalue weighted by atomic mass is 35.5. The molecule has 172 valence electrons. The number of carbonyl (C=O) groups is 4. The van der Waals surface area contributed by atoms with Crippen LogP contribution < -0.4 is 10.2 Å². The number of esters is 2. The standard InChI is InChI=1S/C23H21ClN2O7/c1-4-32-23(30)21(28)25-12-17-10-9-16(33-17)11-18-20(27)19(22(29)31-3)13(2)26(18)15-7-5-14(24)6-8-15/h5-11H,4,12H2,1-3H3,(H,25,28)/b18-11+. The number of hydrogen-bond donors (Lipinski definition) is 1. The van der Waals surface area contributed by atoms with Crippen molar-refractivity contribution in [2.45, 2.75) is 20.4 Å². The number of benzene rings is 1. The second-order valence-corrected chi connectivity index (χ2v) is 7.27. The fourth-order valence-electron chi connectivity index (χ4n) is 3.22. The predicted octanol–water partition coefficient (Wildman–Crippen LogP) is 2.99. The first-order chi connectivity index (χ1) is 15.8. The highest BCUT2D eigenvalue weighted by Gasteiger charge is 2.38. The van der Waals surface area contributed by atoms with Crippen LogP contribution in [-0.4, -0.2) is 37.3 Å². The number of amides is 1. The Kier molecular flexibility index (Phi) is 7.34. The Morgan fingerprint density at radius 1 is 1.15 bits per heavy atom. The number of hydrogen-bond acceptors (Lipinski definition) is 8. The van der Waals surface area contributed by atoms with Gasteiger partial charge in [-0.25, -0.2) is 9.59 Å². The Hall–Kier alpha value is -3.85. The predicted molar refractivity (Wildman–Crippen MR) is 119 cm³/mol. The van der Waals surface area contributed by atoms with Crippen molar-refractivity contribution >= 4 is 47.0 Å². The average Bonchev–Trinajstić information content (AvgIpc) is 3.34. The summed E-state index contributed by atoms with van der Waals surface area (Å²) in [5, 5.41) is 2.91. The molecule has 0 saturated carbocycles. The van der Waals surface area contributed by atoms with Crippen molar-refractivity contribution in [2.24, 2.45) is 0 Å². The summed E-state index contributed by atoms with van der Waals surface area (Å²) in [4.78, 5) is 50.0. The molecule has 3 rings (SSSR count). The minimum atomic E-state index is -0.988. The lowest BCUT2D eigenvalue weighted by atomic mass is 10.1. The molecule has 0 bridgehead atoms. The van der Waals surface area contributed by atoms with Gasteiger partial charge >= 0.3 is 17.8 Å². The quantitative estimate of drug-likeness (QED) is 0.295. The van der Waals surface area contributed by atoms with Crippen molar-refractivity contribution in [3.63, 3.8) is 0 Å². The molecular weight excluding hydrogens is 452 g/mol. The highest BCUT2D eigenvalue weighted by Crippen LogP contribution is 2.36. The zero-order chi connectivity index (χ0) is 24.1. The van der Waals surface area contributed by atoms with Gasteiger partial charge in [0.05, 0.1) is 26.0 Å². The van der Waals surface area contributed by atoms with E-state index in [-0.39, 0.29) is 24.4 Å². The minimum absolute atomic E-state index is 0.0552. The normalized spacial score (nSPS) is 14.6. The first-order valence-electron chi connectivity index (χ1n) is 9.91. The van der Waals surface area contributed by atoms with Crippen LogP contribution in [0, 0.1) is 0 Å². The minimum Gasteiger partial charge on any atom is -0.465 e. The molecule has 1 aromatic carbocycles. The van der Waals surface area contributed by atoms with Crippen LogP contribution in [0.25, 0.3) is 6.08 Å². The summed E-state index contributed by atoms with van der Waals surface area (Å²) in [5.74, 6) is -2.50. The van der Waals surface area contributed by atoms with E-state index in [2.05, 4.69) is 10.1 Å². The molecule has 0 spiro atoms. The number of Topliss-reactive ketones (excluding diaryl/α,β-unsaturated/α-hetero) is 1. The van der Waals surface area contributed by atoms with Crippen LogP contribution in [0.1, 0.15) is 25.4 Å². The van der Waals surface area contributed by atoms with E-state index in [0.29, 0.717) is 27.9 Å². The van der Waals surface area contributed by atoms with Gasteiger partial charge in [-0.15, -0.1) is 0 Å². The zero-order valence-electron chi connectivity index (χ0n) is 18.1. The number of halogens is 1. The van der Waals surface area contributed by atoms with Crippen LogP contribution in [0.3, 0.4) is 0 Å². The SMILES string of the molecule is CCOC(=O)C(=O)NCc1ccc(/C=C2\C(=O)C(C(=O)OC)=C(C)N2c2ccc(Cl)cc2)o1. The van der Waals surface area contributed by atoms with Gasteiger partial charge in [0.25, 0.3) is 0 Å². The van der Waals surface area contributed by atoms with Gasteiger partial charge in [-0.1, -0.05) is 11.6 Å². The number of methoxy groups -OCH3 is 1. The van der Waals surface area contributed by atoms with E-state index in [1.54, 1.807) is 55.1 Å². The van der Waals surface area contributed by atoms with Gasteiger partial charge in [0.15, 0.2) is 0 Å². The Morgan fingerprint density at radius 3 is 2.48 bits per heavy atom. The summed E-state index contributed by atoms with van der Waals surface area (Å²) in [7, 11) is 1.20. The number of carbonyl (C=O) groups excluding carboxylic acids is 4. The first-order valence-corrected chi connectivity index (χ1v) is 10.3. The third-order valence-corrected chi connectivity index (χ3v) is 4.97. The molecule has 0 atom stereocenters. The maximum Gasteiger partial charge on any atom is 0.396 e. The molecule has 1 N–H and O–H groups in total. The average molecular weight is 473 g/mol. The Labute approximate surface area is 194 Å². The molecule has 0 radical (unpaired) electrons. The molecule has 10 heteroatoms. The van der Waals surface area contributed by atoms with Crippen molar-refractivity contribution in [3.8, 4) is 0 Å². The van der Waals surface area contributed by atoms with Gasteiger partial charge in [-0.05, 0) is 50.2 Å². The highest BCUT2D eigenvalue weighted by molar-refractivity contribution is 6.32. The van der Waals surface area contributed by atoms with Crippen molar-refractivity contribution in [1.82, 2.24) is 5.32 Å². The molecular formula is C23H21ClN2O7. The summed E-state index contributed by atoms with van der Waals surface area (Å²) in [6.45, 7) is 3.26. The van der Waals surface area contributed by atoms with E-state index in [0.717, 1.165) is 0 Å². The number of furan rings is 1. The summed E-state index contributed by atoms with van der Waals surface area (Å²) in [5.41, 5.74) is 1.09. The number of nitrogens with zero attached hydrogens (tertiary/aromatic N) is 1. The summed E-state index contributed by atoms with van der Waals surface area (Å²) in [6, 6.07) is 9.94. The maximum atomic E-state index is 13.1. The van der Waals surface area contributed by atoms with Crippen LogP contribution >= 0.6 is 11.6 Å². The van der Waals surface area contributed by atoms with Gasteiger partial charge in [-0.3, -0.25) is 9.59 Å². The fourth-order valence-corrected chi connectivity index (χ4v) is 3.35. The molecule has 9 nitrogen and oxygen atoms in total. The van der Waals surface area contributed by atoms with Gasteiger partial charge in [0.2, 0.25) is 5.78 Å². The first kappa shape index (κ1) is 23.8. The van der Waals surface area contributed by atoms with Crippen molar-refractivity contribution < 1.29 is 33.1 Å². The van der Waals surface area contributed by atoms with Crippen molar-refractivity contribution in [3.05, 3.63) is 69.9 Å². The molecule has 0 fully saturated rings. The third-order valence-electron chi connectivity index (χ3n) is 4.72. The van der Waals surface area contributed by atoms with Crippen LogP contribution in [0.15, 0.2) is 57.8 Å². The molecule has 1 aliphatic rings. The molecule has 0 aliphatic carbocycles. The Balaban J connectivity index is 1.89. The second-order valence-electron chi connectivity index (χ2n) is 6.83. The van der Waals surface area contributed by atoms with Gasteiger partial charge in [-0.2, -0.15) is 0 Å². The van der Waals surface area contributed by atoms with Crippen molar-refractivity contribution in [2.75, 3.05) is 18.6 Å². The molecule has 2 heterocycles. The van der Waals surface area contributed by atoms with Gasteiger partial charge in [0.1, 0.15) is 17.1 Å². The maximum absolute atomic E-state index is 13.1. The lowest BCUT2D eigenvalue weighted by Crippen LogP contribution is -2.31. The van der Waals surface area contributed by atoms with E-state index < -0.39 is 23.6 Å². The van der Waals surface area contributed by atoms with Crippen LogP contribution in [0.4, 0.5) is 5.69 Å². The van der Waals surface area contributed by atoms with E-state index in [1.807, 2.05) is 0 Å². The van der Waals surface area contributed by atoms with E-state index in [1.165, 1.54) is 13.2 Å². The lowest BCUT2D eigenvalue weighted by molar-refractivity contribution is -0.154. The van der Waals surface area contributed by atoms with E-state index in [4.69, 9.17) is 20.8 Å². The van der Waals surface area contributed by atoms with Gasteiger partial charge < -0.3 is 24.1 Å². The molecule has 1 amide bonds. The van der Waals surface area contributed by atoms with E-state index >= 15 is 0 Å². The number of rotatable bonds is 6. The van der Waals surface area contributed by atoms with Crippen LogP contribution in [-0.2, 0) is 35.2 Å². The number of ether oxygens (including phenoxy) is 2. The van der Waals surface area contributed by atoms with Crippen molar-refractivity contribution in [1.29, 1.82) is 0 Å². The summed E-state index contributed by atoms with van der Waals surface area (Å²) in [6.07, 6.45) is 1.48. The second kappa shape index (κ2) is 10.2. The number of nitrogens with one attached hydrogen (secondary N) is 1. The largest absolute Gasteiger partial charge is 0.465 e. The number of ketones is 1. The smallest absolute Gasteiger partial charge is 0.396 e.